The number of nitrogens with two attached hydrogens (primary N) is 1. The fourth-order valence-corrected chi connectivity index (χ4v) is 3.05. The van der Waals surface area contributed by atoms with Crippen molar-refractivity contribution in [3.05, 3.63) is 59.2 Å². The second kappa shape index (κ2) is 8.78. The molecule has 0 radical (unpaired) electrons. The molecule has 2 rings (SSSR count). The largest absolute Gasteiger partial charge is 0.495 e. The van der Waals surface area contributed by atoms with E-state index in [1.165, 1.54) is 0 Å². The minimum absolute atomic E-state index is 0.0523. The van der Waals surface area contributed by atoms with Crippen molar-refractivity contribution in [3.63, 3.8) is 0 Å². The summed E-state index contributed by atoms with van der Waals surface area (Å²) in [7, 11) is 1.56. The van der Waals surface area contributed by atoms with Crippen LogP contribution in [0.15, 0.2) is 42.5 Å². The lowest BCUT2D eigenvalue weighted by Crippen LogP contribution is -2.35. The van der Waals surface area contributed by atoms with Gasteiger partial charge in [-0.15, -0.1) is 0 Å². The number of amides is 3. The van der Waals surface area contributed by atoms with Crippen molar-refractivity contribution in [2.45, 2.75) is 45.6 Å². The molecule has 2 aromatic rings. The minimum atomic E-state index is -0.673. The van der Waals surface area contributed by atoms with Crippen LogP contribution in [0.5, 0.6) is 5.75 Å². The summed E-state index contributed by atoms with van der Waals surface area (Å²) in [5, 5.41) is 5.58. The van der Waals surface area contributed by atoms with E-state index < -0.39 is 12.1 Å². The Balaban J connectivity index is 2.25. The molecule has 0 spiro atoms. The Morgan fingerprint density at radius 3 is 2.39 bits per heavy atom. The first-order valence-corrected chi connectivity index (χ1v) is 9.21. The van der Waals surface area contributed by atoms with E-state index in [2.05, 4.69) is 31.4 Å². The number of aryl methyl sites for hydroxylation is 1. The van der Waals surface area contributed by atoms with E-state index in [1.807, 2.05) is 49.4 Å². The van der Waals surface area contributed by atoms with Gasteiger partial charge in [0.05, 0.1) is 25.3 Å². The van der Waals surface area contributed by atoms with Crippen LogP contribution in [0.2, 0.25) is 0 Å². The van der Waals surface area contributed by atoms with E-state index in [1.54, 1.807) is 7.11 Å². The Morgan fingerprint density at radius 1 is 1.14 bits per heavy atom. The predicted molar refractivity (Wildman–Crippen MR) is 112 cm³/mol. The van der Waals surface area contributed by atoms with E-state index in [9.17, 15) is 9.59 Å². The zero-order valence-electron chi connectivity index (χ0n) is 17.1. The first-order valence-electron chi connectivity index (χ1n) is 9.21. The highest BCUT2D eigenvalue weighted by Gasteiger charge is 2.21. The number of anilines is 1. The average Bonchev–Trinajstić information content (AvgIpc) is 2.60. The van der Waals surface area contributed by atoms with Gasteiger partial charge in [0, 0.05) is 0 Å². The van der Waals surface area contributed by atoms with Crippen LogP contribution in [0.3, 0.4) is 0 Å². The van der Waals surface area contributed by atoms with Gasteiger partial charge in [-0.2, -0.15) is 0 Å². The highest BCUT2D eigenvalue weighted by Crippen LogP contribution is 2.32. The standard InChI is InChI=1S/C22H29N3O3/c1-14-8-6-7-9-16(14)17(25-21(23)27)13-20(26)24-18-12-15(22(2,3)4)10-11-19(18)28-5/h6-12,17H,13H2,1-5H3,(H,24,26)(H3,23,25,27). The van der Waals surface area contributed by atoms with E-state index in [-0.39, 0.29) is 17.7 Å². The maximum atomic E-state index is 12.8. The normalized spacial score (nSPS) is 12.2. The van der Waals surface area contributed by atoms with E-state index in [0.717, 1.165) is 16.7 Å². The lowest BCUT2D eigenvalue weighted by molar-refractivity contribution is -0.116. The first kappa shape index (κ1) is 21.3. The lowest BCUT2D eigenvalue weighted by atomic mass is 9.87. The molecule has 0 bridgehead atoms. The van der Waals surface area contributed by atoms with Gasteiger partial charge in [-0.1, -0.05) is 51.1 Å². The number of methoxy groups -OCH3 is 1. The third kappa shape index (κ3) is 5.49. The van der Waals surface area contributed by atoms with Crippen LogP contribution >= 0.6 is 0 Å². The minimum Gasteiger partial charge on any atom is -0.495 e. The molecule has 6 heteroatoms. The van der Waals surface area contributed by atoms with Crippen LogP contribution in [0, 0.1) is 6.92 Å². The van der Waals surface area contributed by atoms with Gasteiger partial charge in [0.15, 0.2) is 0 Å². The van der Waals surface area contributed by atoms with Crippen molar-refractivity contribution in [1.82, 2.24) is 5.32 Å². The molecular weight excluding hydrogens is 354 g/mol. The maximum Gasteiger partial charge on any atom is 0.312 e. The van der Waals surface area contributed by atoms with Gasteiger partial charge >= 0.3 is 6.03 Å². The molecule has 0 aliphatic heterocycles. The Morgan fingerprint density at radius 2 is 1.82 bits per heavy atom. The number of nitrogens with one attached hydrogen (secondary N) is 2. The maximum absolute atomic E-state index is 12.8. The molecular formula is C22H29N3O3. The molecule has 0 saturated heterocycles. The Kier molecular flexibility index (Phi) is 6.67. The number of rotatable bonds is 6. The van der Waals surface area contributed by atoms with E-state index in [0.29, 0.717) is 11.4 Å². The van der Waals surface area contributed by atoms with Gasteiger partial charge in [-0.3, -0.25) is 4.79 Å². The third-order valence-electron chi connectivity index (χ3n) is 4.61. The van der Waals surface area contributed by atoms with Crippen molar-refractivity contribution in [2.24, 2.45) is 5.73 Å². The Labute approximate surface area is 166 Å². The predicted octanol–water partition coefficient (Wildman–Crippen LogP) is 4.04. The Hall–Kier alpha value is -3.02. The number of benzene rings is 2. The van der Waals surface area contributed by atoms with Crippen molar-refractivity contribution in [3.8, 4) is 5.75 Å². The summed E-state index contributed by atoms with van der Waals surface area (Å²) in [5.74, 6) is 0.336. The van der Waals surface area contributed by atoms with Crippen LogP contribution in [0.25, 0.3) is 0 Å². The van der Waals surface area contributed by atoms with E-state index in [4.69, 9.17) is 10.5 Å². The number of urea groups is 1. The summed E-state index contributed by atoms with van der Waals surface area (Å²) in [6.45, 7) is 8.24. The molecule has 0 aliphatic rings. The molecule has 0 saturated carbocycles. The number of primary amides is 1. The van der Waals surface area contributed by atoms with Crippen molar-refractivity contribution < 1.29 is 14.3 Å². The SMILES string of the molecule is COc1ccc(C(C)(C)C)cc1NC(=O)CC(NC(N)=O)c1ccccc1C. The van der Waals surface area contributed by atoms with Crippen LogP contribution in [-0.4, -0.2) is 19.0 Å². The fraction of sp³-hybridized carbons (Fsp3) is 0.364. The molecule has 150 valence electrons. The molecule has 4 N–H and O–H groups in total. The van der Waals surface area contributed by atoms with Gasteiger partial charge in [-0.05, 0) is 41.2 Å². The van der Waals surface area contributed by atoms with Gasteiger partial charge in [0.1, 0.15) is 5.75 Å². The molecule has 0 fully saturated rings. The first-order chi connectivity index (χ1) is 13.1. The van der Waals surface area contributed by atoms with Crippen LogP contribution in [0.1, 0.15) is 49.9 Å². The number of hydrogen-bond donors (Lipinski definition) is 3. The van der Waals surface area contributed by atoms with Crippen molar-refractivity contribution in [2.75, 3.05) is 12.4 Å². The fourth-order valence-electron chi connectivity index (χ4n) is 3.05. The lowest BCUT2D eigenvalue weighted by Gasteiger charge is -2.22. The number of carbonyl (C=O) groups is 2. The summed E-state index contributed by atoms with van der Waals surface area (Å²) >= 11 is 0. The molecule has 0 aromatic heterocycles. The van der Waals surface area contributed by atoms with Gasteiger partial charge in [0.25, 0.3) is 0 Å². The molecule has 2 aromatic carbocycles. The molecule has 3 amide bonds. The van der Waals surface area contributed by atoms with Gasteiger partial charge in [-0.25, -0.2) is 4.79 Å². The summed E-state index contributed by atoms with van der Waals surface area (Å²) in [6, 6.07) is 12.1. The smallest absolute Gasteiger partial charge is 0.312 e. The van der Waals surface area contributed by atoms with Gasteiger partial charge < -0.3 is 21.1 Å². The zero-order valence-corrected chi connectivity index (χ0v) is 17.1. The number of hydrogen-bond acceptors (Lipinski definition) is 3. The zero-order chi connectivity index (χ0) is 20.9. The summed E-state index contributed by atoms with van der Waals surface area (Å²) in [5.41, 5.74) is 8.76. The highest BCUT2D eigenvalue weighted by atomic mass is 16.5. The summed E-state index contributed by atoms with van der Waals surface area (Å²) in [4.78, 5) is 24.2. The summed E-state index contributed by atoms with van der Waals surface area (Å²) < 4.78 is 5.38. The molecule has 28 heavy (non-hydrogen) atoms. The van der Waals surface area contributed by atoms with Crippen LogP contribution < -0.4 is 21.1 Å². The molecule has 6 nitrogen and oxygen atoms in total. The molecule has 0 aliphatic carbocycles. The number of ether oxygens (including phenoxy) is 1. The molecule has 1 atom stereocenters. The molecule has 1 unspecified atom stereocenters. The quantitative estimate of drug-likeness (QED) is 0.703. The second-order valence-electron chi connectivity index (χ2n) is 7.84. The third-order valence-corrected chi connectivity index (χ3v) is 4.61. The second-order valence-corrected chi connectivity index (χ2v) is 7.84. The number of carbonyl (C=O) groups excluding carboxylic acids is 2. The average molecular weight is 383 g/mol. The van der Waals surface area contributed by atoms with Crippen LogP contribution in [-0.2, 0) is 10.2 Å². The van der Waals surface area contributed by atoms with Crippen LogP contribution in [0.4, 0.5) is 10.5 Å². The van der Waals surface area contributed by atoms with Gasteiger partial charge in [0.2, 0.25) is 5.91 Å². The summed E-state index contributed by atoms with van der Waals surface area (Å²) in [6.07, 6.45) is 0.0523. The topological polar surface area (TPSA) is 93.4 Å². The monoisotopic (exact) mass is 383 g/mol. The Bertz CT molecular complexity index is 856. The van der Waals surface area contributed by atoms with E-state index >= 15 is 0 Å². The highest BCUT2D eigenvalue weighted by molar-refractivity contribution is 5.93. The van der Waals surface area contributed by atoms with Crippen molar-refractivity contribution >= 4 is 17.6 Å². The van der Waals surface area contributed by atoms with Crippen molar-refractivity contribution in [1.29, 1.82) is 0 Å². The molecule has 0 heterocycles.